The molecule has 2 aliphatic carbocycles. The lowest BCUT2D eigenvalue weighted by Gasteiger charge is -2.44. The summed E-state index contributed by atoms with van der Waals surface area (Å²) in [6, 6.07) is 21.2. The van der Waals surface area contributed by atoms with Crippen LogP contribution in [0, 0.1) is 5.92 Å². The van der Waals surface area contributed by atoms with Crippen molar-refractivity contribution in [3.05, 3.63) is 83.9 Å². The molecule has 0 amide bonds. The molecular weight excluding hydrogens is 332 g/mol. The third-order valence-corrected chi connectivity index (χ3v) is 6.20. The summed E-state index contributed by atoms with van der Waals surface area (Å²) >= 11 is 0. The summed E-state index contributed by atoms with van der Waals surface area (Å²) in [6.07, 6.45) is 3.32. The number of benzene rings is 3. The molecule has 1 saturated carbocycles. The summed E-state index contributed by atoms with van der Waals surface area (Å²) in [7, 11) is 0. The maximum atomic E-state index is 12.8. The Morgan fingerprint density at radius 1 is 1.00 bits per heavy atom. The van der Waals surface area contributed by atoms with Crippen molar-refractivity contribution in [3.63, 3.8) is 0 Å². The molecule has 1 unspecified atom stereocenters. The first-order valence-electron chi connectivity index (χ1n) is 9.64. The van der Waals surface area contributed by atoms with Crippen molar-refractivity contribution in [1.29, 1.82) is 0 Å². The molecule has 1 atom stereocenters. The maximum Gasteiger partial charge on any atom is 0.334 e. The van der Waals surface area contributed by atoms with Crippen LogP contribution < -0.4 is 0 Å². The van der Waals surface area contributed by atoms with Crippen molar-refractivity contribution < 1.29 is 9.53 Å². The van der Waals surface area contributed by atoms with Gasteiger partial charge in [0.15, 0.2) is 5.60 Å². The van der Waals surface area contributed by atoms with Gasteiger partial charge >= 0.3 is 5.97 Å². The number of carbonyl (C=O) groups is 1. The molecule has 0 spiro atoms. The lowest BCUT2D eigenvalue weighted by Crippen LogP contribution is -2.43. The van der Waals surface area contributed by atoms with Gasteiger partial charge in [-0.15, -0.1) is 0 Å². The number of carbonyl (C=O) groups excluding carboxylic acids is 1. The molecule has 2 heteroatoms. The summed E-state index contributed by atoms with van der Waals surface area (Å²) in [5.41, 5.74) is 4.36. The predicted octanol–water partition coefficient (Wildman–Crippen LogP) is 5.98. The number of rotatable bonds is 3. The third kappa shape index (κ3) is 2.16. The van der Waals surface area contributed by atoms with Crippen molar-refractivity contribution in [2.75, 3.05) is 0 Å². The van der Waals surface area contributed by atoms with E-state index in [0.29, 0.717) is 11.5 Å². The summed E-state index contributed by atoms with van der Waals surface area (Å²) in [5, 5.41) is 2.35. The molecule has 1 fully saturated rings. The highest BCUT2D eigenvalue weighted by molar-refractivity contribution is 5.98. The Labute approximate surface area is 159 Å². The van der Waals surface area contributed by atoms with Gasteiger partial charge in [-0.25, -0.2) is 4.79 Å². The van der Waals surface area contributed by atoms with Gasteiger partial charge in [-0.2, -0.15) is 0 Å². The average Bonchev–Trinajstić information content (AvgIpc) is 2.91. The monoisotopic (exact) mass is 354 g/mol. The highest BCUT2D eigenvalue weighted by atomic mass is 16.6. The summed E-state index contributed by atoms with van der Waals surface area (Å²) in [6.45, 7) is 5.56. The first-order valence-corrected chi connectivity index (χ1v) is 9.64. The molecule has 0 N–H and O–H groups in total. The normalized spacial score (nSPS) is 20.6. The number of hydrogen-bond donors (Lipinski definition) is 0. The maximum absolute atomic E-state index is 12.8. The van der Waals surface area contributed by atoms with E-state index in [-0.39, 0.29) is 5.97 Å². The highest BCUT2D eigenvalue weighted by Crippen LogP contribution is 2.59. The Kier molecular flexibility index (Phi) is 3.51. The molecule has 0 heterocycles. The molecule has 134 valence electrons. The molecule has 3 aromatic carbocycles. The van der Waals surface area contributed by atoms with Gasteiger partial charge in [0.05, 0.1) is 0 Å². The van der Waals surface area contributed by atoms with E-state index in [2.05, 4.69) is 67.2 Å². The molecule has 3 aromatic rings. The molecular formula is C25H22O2. The first kappa shape index (κ1) is 16.3. The van der Waals surface area contributed by atoms with Crippen molar-refractivity contribution in [2.45, 2.75) is 31.8 Å². The summed E-state index contributed by atoms with van der Waals surface area (Å²) in [5.74, 6) is -0.00788. The zero-order chi connectivity index (χ0) is 18.6. The molecule has 27 heavy (non-hydrogen) atoms. The van der Waals surface area contributed by atoms with Gasteiger partial charge in [-0.3, -0.25) is 0 Å². The van der Waals surface area contributed by atoms with Crippen LogP contribution in [0.2, 0.25) is 0 Å². The van der Waals surface area contributed by atoms with Crippen LogP contribution in [0.3, 0.4) is 0 Å². The second kappa shape index (κ2) is 5.82. The largest absolute Gasteiger partial charge is 0.446 e. The lowest BCUT2D eigenvalue weighted by molar-refractivity contribution is -0.160. The third-order valence-electron chi connectivity index (χ3n) is 6.20. The fourth-order valence-corrected chi connectivity index (χ4v) is 4.73. The van der Waals surface area contributed by atoms with E-state index in [1.54, 1.807) is 6.92 Å². The topological polar surface area (TPSA) is 26.3 Å². The minimum Gasteiger partial charge on any atom is -0.446 e. The fourth-order valence-electron chi connectivity index (χ4n) is 4.73. The van der Waals surface area contributed by atoms with Gasteiger partial charge in [-0.1, -0.05) is 73.7 Å². The van der Waals surface area contributed by atoms with Crippen LogP contribution in [0.1, 0.15) is 37.3 Å². The van der Waals surface area contributed by atoms with Crippen LogP contribution in [0.25, 0.3) is 21.9 Å². The first-order chi connectivity index (χ1) is 13.1. The molecule has 2 nitrogen and oxygen atoms in total. The standard InChI is InChI=1S/C25H22O2/c1-16(2)24(26)27-25(18-9-7-10-18)22-13-6-5-12-20(22)21-15-14-17-8-3-4-11-19(17)23(21)25/h3-6,8,11-15,18H,1,7,9-10H2,2H3. The predicted molar refractivity (Wildman–Crippen MR) is 108 cm³/mol. The quantitative estimate of drug-likeness (QED) is 0.427. The van der Waals surface area contributed by atoms with E-state index in [0.717, 1.165) is 24.0 Å². The van der Waals surface area contributed by atoms with Crippen LogP contribution in [0.4, 0.5) is 0 Å². The van der Waals surface area contributed by atoms with Crippen LogP contribution in [0.5, 0.6) is 0 Å². The second-order valence-corrected chi connectivity index (χ2v) is 7.79. The second-order valence-electron chi connectivity index (χ2n) is 7.79. The number of hydrogen-bond acceptors (Lipinski definition) is 2. The molecule has 0 saturated heterocycles. The molecule has 2 aliphatic rings. The average molecular weight is 354 g/mol. The van der Waals surface area contributed by atoms with Crippen LogP contribution >= 0.6 is 0 Å². The van der Waals surface area contributed by atoms with E-state index in [1.807, 2.05) is 0 Å². The Balaban J connectivity index is 1.88. The van der Waals surface area contributed by atoms with Crippen LogP contribution in [0.15, 0.2) is 72.8 Å². The van der Waals surface area contributed by atoms with Crippen molar-refractivity contribution in [1.82, 2.24) is 0 Å². The Hall–Kier alpha value is -2.87. The van der Waals surface area contributed by atoms with Gasteiger partial charge in [0.1, 0.15) is 0 Å². The fraction of sp³-hybridized carbons (Fsp3) is 0.240. The SMILES string of the molecule is C=C(C)C(=O)OC1(C2CCC2)c2ccccc2-c2ccc3ccccc3c21. The minimum absolute atomic E-state index is 0.300. The zero-order valence-corrected chi connectivity index (χ0v) is 15.5. The van der Waals surface area contributed by atoms with Gasteiger partial charge in [0, 0.05) is 22.6 Å². The van der Waals surface area contributed by atoms with E-state index in [4.69, 9.17) is 4.74 Å². The van der Waals surface area contributed by atoms with E-state index in [1.165, 1.54) is 28.3 Å². The van der Waals surface area contributed by atoms with Crippen molar-refractivity contribution >= 4 is 16.7 Å². The van der Waals surface area contributed by atoms with E-state index in [9.17, 15) is 4.79 Å². The Morgan fingerprint density at radius 2 is 1.74 bits per heavy atom. The van der Waals surface area contributed by atoms with E-state index < -0.39 is 5.60 Å². The van der Waals surface area contributed by atoms with Gasteiger partial charge in [-0.05, 0) is 41.7 Å². The van der Waals surface area contributed by atoms with E-state index >= 15 is 0 Å². The zero-order valence-electron chi connectivity index (χ0n) is 15.5. The Morgan fingerprint density at radius 3 is 2.48 bits per heavy atom. The molecule has 0 aliphatic heterocycles. The number of esters is 1. The summed E-state index contributed by atoms with van der Waals surface area (Å²) < 4.78 is 6.39. The van der Waals surface area contributed by atoms with Gasteiger partial charge in [0.25, 0.3) is 0 Å². The van der Waals surface area contributed by atoms with Crippen molar-refractivity contribution in [2.24, 2.45) is 5.92 Å². The molecule has 5 rings (SSSR count). The minimum atomic E-state index is -0.721. The number of fused-ring (bicyclic) bond motifs is 5. The van der Waals surface area contributed by atoms with Gasteiger partial charge in [0.2, 0.25) is 0 Å². The van der Waals surface area contributed by atoms with Crippen LogP contribution in [-0.4, -0.2) is 5.97 Å². The number of ether oxygens (including phenoxy) is 1. The van der Waals surface area contributed by atoms with Crippen LogP contribution in [-0.2, 0) is 15.1 Å². The highest BCUT2D eigenvalue weighted by Gasteiger charge is 2.54. The van der Waals surface area contributed by atoms with Crippen molar-refractivity contribution in [3.8, 4) is 11.1 Å². The molecule has 0 bridgehead atoms. The smallest absolute Gasteiger partial charge is 0.334 e. The Bertz CT molecular complexity index is 1090. The van der Waals surface area contributed by atoms with Gasteiger partial charge < -0.3 is 4.74 Å². The molecule has 0 radical (unpaired) electrons. The summed E-state index contributed by atoms with van der Waals surface area (Å²) in [4.78, 5) is 12.8. The lowest BCUT2D eigenvalue weighted by atomic mass is 9.67. The molecule has 0 aromatic heterocycles.